The summed E-state index contributed by atoms with van der Waals surface area (Å²) in [6, 6.07) is 3.81. The normalized spacial score (nSPS) is 11.1. The fraction of sp³-hybridized carbons (Fsp3) is 0.500. The third-order valence-electron chi connectivity index (χ3n) is 2.09. The second-order valence-corrected chi connectivity index (χ2v) is 3.29. The van der Waals surface area contributed by atoms with Crippen molar-refractivity contribution in [3.05, 3.63) is 35.4 Å². The van der Waals surface area contributed by atoms with Gasteiger partial charge >= 0.3 is 0 Å². The molecule has 0 aliphatic rings. The van der Waals surface area contributed by atoms with E-state index in [4.69, 9.17) is 9.47 Å². The molecule has 0 heterocycles. The molecule has 0 atom stereocenters. The van der Waals surface area contributed by atoms with Crippen LogP contribution in [0.1, 0.15) is 19.4 Å². The van der Waals surface area contributed by atoms with E-state index >= 15 is 0 Å². The topological polar surface area (TPSA) is 18.5 Å². The van der Waals surface area contributed by atoms with Crippen molar-refractivity contribution in [1.82, 2.24) is 0 Å². The van der Waals surface area contributed by atoms with Crippen molar-refractivity contribution < 1.29 is 18.3 Å². The third kappa shape index (κ3) is 3.87. The lowest BCUT2D eigenvalue weighted by Crippen LogP contribution is -2.20. The Balaban J connectivity index is 2.65. The molecule has 0 aromatic heterocycles. The lowest BCUT2D eigenvalue weighted by Gasteiger charge is -2.16. The predicted octanol–water partition coefficient (Wildman–Crippen LogP) is 2.91. The van der Waals surface area contributed by atoms with Crippen molar-refractivity contribution >= 4 is 0 Å². The molecule has 0 amide bonds. The summed E-state index contributed by atoms with van der Waals surface area (Å²) in [5, 5.41) is 0. The quantitative estimate of drug-likeness (QED) is 0.699. The number of hydrogen-bond donors (Lipinski definition) is 0. The molecular weight excluding hydrogens is 214 g/mol. The first-order valence-electron chi connectivity index (χ1n) is 5.34. The van der Waals surface area contributed by atoms with Crippen LogP contribution in [0.15, 0.2) is 18.2 Å². The van der Waals surface area contributed by atoms with Crippen molar-refractivity contribution in [2.75, 3.05) is 13.2 Å². The Hall–Kier alpha value is -1.00. The van der Waals surface area contributed by atoms with E-state index in [9.17, 15) is 8.78 Å². The maximum absolute atomic E-state index is 12.9. The Bertz CT molecular complexity index is 323. The summed E-state index contributed by atoms with van der Waals surface area (Å²) in [7, 11) is 0. The fourth-order valence-corrected chi connectivity index (χ4v) is 1.40. The van der Waals surface area contributed by atoms with E-state index in [0.717, 1.165) is 6.07 Å². The Morgan fingerprint density at radius 3 is 2.19 bits per heavy atom. The highest BCUT2D eigenvalue weighted by Crippen LogP contribution is 2.12. The number of rotatable bonds is 6. The van der Waals surface area contributed by atoms with Crippen LogP contribution in [0.25, 0.3) is 0 Å². The second kappa shape index (κ2) is 6.55. The molecule has 2 nitrogen and oxygen atoms in total. The van der Waals surface area contributed by atoms with E-state index in [1.165, 1.54) is 12.1 Å². The van der Waals surface area contributed by atoms with Crippen molar-refractivity contribution in [3.63, 3.8) is 0 Å². The van der Waals surface area contributed by atoms with Gasteiger partial charge in [0.05, 0.1) is 0 Å². The largest absolute Gasteiger partial charge is 0.353 e. The van der Waals surface area contributed by atoms with E-state index in [2.05, 4.69) is 0 Å². The molecular formula is C12H16F2O2. The molecule has 0 radical (unpaired) electrons. The molecule has 0 N–H and O–H groups in total. The van der Waals surface area contributed by atoms with Crippen LogP contribution >= 0.6 is 0 Å². The van der Waals surface area contributed by atoms with Crippen LogP contribution in [0.2, 0.25) is 0 Å². The van der Waals surface area contributed by atoms with Crippen molar-refractivity contribution in [2.45, 2.75) is 26.6 Å². The number of ether oxygens (including phenoxy) is 2. The first-order valence-corrected chi connectivity index (χ1v) is 5.34. The van der Waals surface area contributed by atoms with E-state index in [1.807, 2.05) is 13.8 Å². The zero-order valence-corrected chi connectivity index (χ0v) is 9.50. The van der Waals surface area contributed by atoms with Gasteiger partial charge in [0.25, 0.3) is 0 Å². The molecule has 0 spiro atoms. The molecule has 16 heavy (non-hydrogen) atoms. The van der Waals surface area contributed by atoms with Gasteiger partial charge in [0.2, 0.25) is 0 Å². The molecule has 0 unspecified atom stereocenters. The summed E-state index contributed by atoms with van der Waals surface area (Å²) in [4.78, 5) is 0. The van der Waals surface area contributed by atoms with Crippen LogP contribution in [-0.2, 0) is 15.9 Å². The Morgan fingerprint density at radius 2 is 1.69 bits per heavy atom. The maximum atomic E-state index is 12.9. The van der Waals surface area contributed by atoms with E-state index in [0.29, 0.717) is 25.2 Å². The number of benzene rings is 1. The Morgan fingerprint density at radius 1 is 1.06 bits per heavy atom. The van der Waals surface area contributed by atoms with Crippen LogP contribution in [0, 0.1) is 11.6 Å². The van der Waals surface area contributed by atoms with Gasteiger partial charge in [-0.1, -0.05) is 6.07 Å². The summed E-state index contributed by atoms with van der Waals surface area (Å²) < 4.78 is 36.3. The number of hydrogen-bond acceptors (Lipinski definition) is 2. The molecule has 1 rings (SSSR count). The highest BCUT2D eigenvalue weighted by Gasteiger charge is 2.10. The Labute approximate surface area is 94.2 Å². The summed E-state index contributed by atoms with van der Waals surface area (Å²) in [6.45, 7) is 4.76. The van der Waals surface area contributed by atoms with Crippen molar-refractivity contribution in [1.29, 1.82) is 0 Å². The number of halogens is 2. The molecule has 0 aliphatic heterocycles. The van der Waals surface area contributed by atoms with Crippen LogP contribution in [0.3, 0.4) is 0 Å². The minimum atomic E-state index is -0.843. The van der Waals surface area contributed by atoms with Gasteiger partial charge in [0.15, 0.2) is 17.9 Å². The van der Waals surface area contributed by atoms with Crippen LogP contribution < -0.4 is 0 Å². The van der Waals surface area contributed by atoms with Crippen LogP contribution in [0.4, 0.5) is 8.78 Å². The average molecular weight is 230 g/mol. The van der Waals surface area contributed by atoms with Gasteiger partial charge in [-0.3, -0.25) is 0 Å². The Kier molecular flexibility index (Phi) is 5.35. The smallest absolute Gasteiger partial charge is 0.161 e. The van der Waals surface area contributed by atoms with E-state index < -0.39 is 17.9 Å². The molecule has 0 saturated heterocycles. The second-order valence-electron chi connectivity index (χ2n) is 3.29. The third-order valence-corrected chi connectivity index (χ3v) is 2.09. The monoisotopic (exact) mass is 230 g/mol. The molecule has 0 saturated carbocycles. The molecule has 1 aromatic rings. The van der Waals surface area contributed by atoms with Crippen LogP contribution in [0.5, 0.6) is 0 Å². The average Bonchev–Trinajstić information content (AvgIpc) is 2.24. The standard InChI is InChI=1S/C12H16F2O2/c1-3-15-12(16-4-2)8-9-5-6-10(13)11(14)7-9/h5-7,12H,3-4,8H2,1-2H3. The first-order chi connectivity index (χ1) is 7.67. The molecule has 0 fully saturated rings. The SMILES string of the molecule is CCOC(Cc1ccc(F)c(F)c1)OCC. The lowest BCUT2D eigenvalue weighted by molar-refractivity contribution is -0.134. The first kappa shape index (κ1) is 13.1. The van der Waals surface area contributed by atoms with Crippen molar-refractivity contribution in [2.24, 2.45) is 0 Å². The summed E-state index contributed by atoms with van der Waals surface area (Å²) in [5.74, 6) is -1.68. The minimum Gasteiger partial charge on any atom is -0.353 e. The van der Waals surface area contributed by atoms with E-state index in [-0.39, 0.29) is 0 Å². The molecule has 90 valence electrons. The van der Waals surface area contributed by atoms with Gasteiger partial charge in [-0.2, -0.15) is 0 Å². The summed E-state index contributed by atoms with van der Waals surface area (Å²) in [5.41, 5.74) is 0.658. The zero-order valence-electron chi connectivity index (χ0n) is 9.50. The molecule has 4 heteroatoms. The van der Waals surface area contributed by atoms with E-state index in [1.54, 1.807) is 0 Å². The molecule has 0 bridgehead atoms. The molecule has 1 aromatic carbocycles. The predicted molar refractivity (Wildman–Crippen MR) is 57.1 cm³/mol. The van der Waals surface area contributed by atoms with Gasteiger partial charge in [-0.15, -0.1) is 0 Å². The van der Waals surface area contributed by atoms with Gasteiger partial charge < -0.3 is 9.47 Å². The van der Waals surface area contributed by atoms with Gasteiger partial charge in [0.1, 0.15) is 0 Å². The summed E-state index contributed by atoms with van der Waals surface area (Å²) in [6.07, 6.45) is 0.0126. The zero-order chi connectivity index (χ0) is 12.0. The molecule has 0 aliphatic carbocycles. The highest BCUT2D eigenvalue weighted by molar-refractivity contribution is 5.18. The van der Waals surface area contributed by atoms with Gasteiger partial charge in [-0.25, -0.2) is 8.78 Å². The van der Waals surface area contributed by atoms with Crippen molar-refractivity contribution in [3.8, 4) is 0 Å². The maximum Gasteiger partial charge on any atom is 0.161 e. The van der Waals surface area contributed by atoms with Gasteiger partial charge in [0, 0.05) is 19.6 Å². The minimum absolute atomic E-state index is 0.403. The summed E-state index contributed by atoms with van der Waals surface area (Å²) >= 11 is 0. The lowest BCUT2D eigenvalue weighted by atomic mass is 10.1. The van der Waals surface area contributed by atoms with Crippen LogP contribution in [-0.4, -0.2) is 19.5 Å². The van der Waals surface area contributed by atoms with Gasteiger partial charge in [-0.05, 0) is 31.5 Å². The fourth-order valence-electron chi connectivity index (χ4n) is 1.40. The highest BCUT2D eigenvalue weighted by atomic mass is 19.2.